The highest BCUT2D eigenvalue weighted by atomic mass is 16.5. The molecule has 0 saturated carbocycles. The van der Waals surface area contributed by atoms with Gasteiger partial charge in [0.15, 0.2) is 0 Å². The molecule has 0 radical (unpaired) electrons. The lowest BCUT2D eigenvalue weighted by Gasteiger charge is -2.22. The Morgan fingerprint density at radius 1 is 1.33 bits per heavy atom. The smallest absolute Gasteiger partial charge is 0.0791 e. The molecule has 0 aromatic rings. The topological polar surface area (TPSA) is 44.7 Å². The number of aliphatic hydroxyl groups excluding tert-OH is 1. The second kappa shape index (κ2) is 9.09. The summed E-state index contributed by atoms with van der Waals surface area (Å²) in [5, 5.41) is 12.8. The molecule has 0 fully saturated rings. The van der Waals surface area contributed by atoms with Gasteiger partial charge in [-0.05, 0) is 13.0 Å². The summed E-state index contributed by atoms with van der Waals surface area (Å²) < 4.78 is 4.90. The number of methoxy groups -OCH3 is 1. The molecule has 0 amide bonds. The minimum absolute atomic E-state index is 0.300. The lowest BCUT2D eigenvalue weighted by atomic mass is 10.2. The van der Waals surface area contributed by atoms with E-state index in [-0.39, 0.29) is 6.10 Å². The Bertz CT molecular complexity index is 143. The Morgan fingerprint density at radius 2 is 2.00 bits per heavy atom. The van der Waals surface area contributed by atoms with Crippen LogP contribution in [0.15, 0.2) is 0 Å². The van der Waals surface area contributed by atoms with Crippen LogP contribution >= 0.6 is 0 Å². The average molecular weight is 218 g/mol. The molecule has 0 aromatic carbocycles. The highest BCUT2D eigenvalue weighted by Crippen LogP contribution is 1.96. The fourth-order valence-corrected chi connectivity index (χ4v) is 1.57. The molecular weight excluding hydrogens is 192 g/mol. The molecule has 0 rings (SSSR count). The number of aliphatic hydroxyl groups is 1. The van der Waals surface area contributed by atoms with Gasteiger partial charge in [-0.2, -0.15) is 0 Å². The SMILES string of the molecule is COCCNCC(O)CN(C)CC(C)C. The molecular formula is C11H26N2O2. The molecule has 0 aromatic heterocycles. The van der Waals surface area contributed by atoms with Crippen molar-refractivity contribution in [2.75, 3.05) is 46.9 Å². The second-order valence-electron chi connectivity index (χ2n) is 4.47. The third-order valence-corrected chi connectivity index (χ3v) is 2.06. The van der Waals surface area contributed by atoms with Crippen LogP contribution in [-0.4, -0.2) is 63.1 Å². The van der Waals surface area contributed by atoms with Gasteiger partial charge < -0.3 is 20.1 Å². The molecule has 0 aliphatic carbocycles. The van der Waals surface area contributed by atoms with Gasteiger partial charge in [-0.25, -0.2) is 0 Å². The van der Waals surface area contributed by atoms with Gasteiger partial charge in [-0.3, -0.25) is 0 Å². The van der Waals surface area contributed by atoms with Gasteiger partial charge >= 0.3 is 0 Å². The van der Waals surface area contributed by atoms with Crippen molar-refractivity contribution in [3.8, 4) is 0 Å². The Hall–Kier alpha value is -0.160. The standard InChI is InChI=1S/C11H26N2O2/c1-10(2)8-13(3)9-11(14)7-12-5-6-15-4/h10-12,14H,5-9H2,1-4H3. The van der Waals surface area contributed by atoms with E-state index in [1.54, 1.807) is 7.11 Å². The maximum absolute atomic E-state index is 9.69. The van der Waals surface area contributed by atoms with Crippen LogP contribution < -0.4 is 5.32 Å². The van der Waals surface area contributed by atoms with Crippen molar-refractivity contribution < 1.29 is 9.84 Å². The van der Waals surface area contributed by atoms with E-state index in [1.165, 1.54) is 0 Å². The van der Waals surface area contributed by atoms with Crippen molar-refractivity contribution in [2.24, 2.45) is 5.92 Å². The molecule has 4 heteroatoms. The predicted octanol–water partition coefficient (Wildman–Crippen LogP) is 0.171. The van der Waals surface area contributed by atoms with Crippen molar-refractivity contribution in [1.82, 2.24) is 10.2 Å². The van der Waals surface area contributed by atoms with E-state index in [1.807, 2.05) is 7.05 Å². The van der Waals surface area contributed by atoms with Crippen LogP contribution in [-0.2, 0) is 4.74 Å². The number of hydrogen-bond donors (Lipinski definition) is 2. The molecule has 1 unspecified atom stereocenters. The monoisotopic (exact) mass is 218 g/mol. The summed E-state index contributed by atoms with van der Waals surface area (Å²) in [6, 6.07) is 0. The van der Waals surface area contributed by atoms with Crippen molar-refractivity contribution >= 4 is 0 Å². The summed E-state index contributed by atoms with van der Waals surface area (Å²) in [5.74, 6) is 0.642. The zero-order valence-corrected chi connectivity index (χ0v) is 10.5. The number of nitrogens with zero attached hydrogens (tertiary/aromatic N) is 1. The van der Waals surface area contributed by atoms with Crippen LogP contribution in [0.1, 0.15) is 13.8 Å². The van der Waals surface area contributed by atoms with Gasteiger partial charge in [0, 0.05) is 33.3 Å². The molecule has 1 atom stereocenters. The third-order valence-electron chi connectivity index (χ3n) is 2.06. The first kappa shape index (κ1) is 14.8. The van der Waals surface area contributed by atoms with Crippen LogP contribution in [0.25, 0.3) is 0 Å². The maximum Gasteiger partial charge on any atom is 0.0791 e. The third kappa shape index (κ3) is 10.1. The minimum Gasteiger partial charge on any atom is -0.390 e. The maximum atomic E-state index is 9.69. The zero-order chi connectivity index (χ0) is 11.7. The Labute approximate surface area is 93.6 Å². The fourth-order valence-electron chi connectivity index (χ4n) is 1.57. The van der Waals surface area contributed by atoms with E-state index in [0.29, 0.717) is 19.1 Å². The Kier molecular flexibility index (Phi) is 9.00. The van der Waals surface area contributed by atoms with Crippen LogP contribution in [0.5, 0.6) is 0 Å². The van der Waals surface area contributed by atoms with Crippen LogP contribution in [0.2, 0.25) is 0 Å². The predicted molar refractivity (Wildman–Crippen MR) is 63.1 cm³/mol. The van der Waals surface area contributed by atoms with Crippen molar-refractivity contribution in [1.29, 1.82) is 0 Å². The molecule has 0 saturated heterocycles. The number of likely N-dealkylation sites (N-methyl/N-ethyl adjacent to an activating group) is 1. The van der Waals surface area contributed by atoms with Gasteiger partial charge in [0.2, 0.25) is 0 Å². The largest absolute Gasteiger partial charge is 0.390 e. The summed E-state index contributed by atoms with van der Waals surface area (Å²) in [5.41, 5.74) is 0. The van der Waals surface area contributed by atoms with E-state index < -0.39 is 0 Å². The Balaban J connectivity index is 3.42. The summed E-state index contributed by atoms with van der Waals surface area (Å²) in [4.78, 5) is 2.16. The highest BCUT2D eigenvalue weighted by Gasteiger charge is 2.08. The first-order chi connectivity index (χ1) is 7.06. The van der Waals surface area contributed by atoms with Crippen LogP contribution in [0.4, 0.5) is 0 Å². The molecule has 0 aliphatic rings. The van der Waals surface area contributed by atoms with E-state index in [0.717, 1.165) is 19.6 Å². The molecule has 0 heterocycles. The van der Waals surface area contributed by atoms with E-state index in [9.17, 15) is 5.11 Å². The summed E-state index contributed by atoms with van der Waals surface area (Å²) >= 11 is 0. The lowest BCUT2D eigenvalue weighted by molar-refractivity contribution is 0.115. The highest BCUT2D eigenvalue weighted by molar-refractivity contribution is 4.65. The van der Waals surface area contributed by atoms with Crippen LogP contribution in [0, 0.1) is 5.92 Å². The first-order valence-electron chi connectivity index (χ1n) is 5.62. The van der Waals surface area contributed by atoms with Gasteiger partial charge in [0.25, 0.3) is 0 Å². The molecule has 15 heavy (non-hydrogen) atoms. The molecule has 4 nitrogen and oxygen atoms in total. The van der Waals surface area contributed by atoms with E-state index in [2.05, 4.69) is 24.1 Å². The lowest BCUT2D eigenvalue weighted by Crippen LogP contribution is -2.38. The quantitative estimate of drug-likeness (QED) is 0.542. The number of ether oxygens (including phenoxy) is 1. The summed E-state index contributed by atoms with van der Waals surface area (Å²) in [6.07, 6.45) is -0.300. The zero-order valence-electron chi connectivity index (χ0n) is 10.5. The van der Waals surface area contributed by atoms with Crippen molar-refractivity contribution in [3.05, 3.63) is 0 Å². The van der Waals surface area contributed by atoms with E-state index >= 15 is 0 Å². The van der Waals surface area contributed by atoms with Crippen molar-refractivity contribution in [3.63, 3.8) is 0 Å². The minimum atomic E-state index is -0.300. The molecule has 2 N–H and O–H groups in total. The number of rotatable bonds is 9. The Morgan fingerprint density at radius 3 is 2.53 bits per heavy atom. The molecule has 0 aliphatic heterocycles. The molecule has 92 valence electrons. The summed E-state index contributed by atoms with van der Waals surface area (Å²) in [7, 11) is 3.72. The average Bonchev–Trinajstić information content (AvgIpc) is 2.10. The normalized spacial score (nSPS) is 13.8. The number of hydrogen-bond acceptors (Lipinski definition) is 4. The number of nitrogens with one attached hydrogen (secondary N) is 1. The van der Waals surface area contributed by atoms with Gasteiger partial charge in [-0.1, -0.05) is 13.8 Å². The first-order valence-corrected chi connectivity index (χ1v) is 5.62. The molecule has 0 spiro atoms. The van der Waals surface area contributed by atoms with Gasteiger partial charge in [0.1, 0.15) is 0 Å². The van der Waals surface area contributed by atoms with E-state index in [4.69, 9.17) is 4.74 Å². The summed E-state index contributed by atoms with van der Waals surface area (Å²) in [6.45, 7) is 8.22. The van der Waals surface area contributed by atoms with Crippen molar-refractivity contribution in [2.45, 2.75) is 20.0 Å². The van der Waals surface area contributed by atoms with Gasteiger partial charge in [-0.15, -0.1) is 0 Å². The fraction of sp³-hybridized carbons (Fsp3) is 1.00. The van der Waals surface area contributed by atoms with Gasteiger partial charge in [0.05, 0.1) is 12.7 Å². The van der Waals surface area contributed by atoms with Crippen LogP contribution in [0.3, 0.4) is 0 Å². The second-order valence-corrected chi connectivity index (χ2v) is 4.47. The molecule has 0 bridgehead atoms.